The van der Waals surface area contributed by atoms with Gasteiger partial charge in [0.1, 0.15) is 5.92 Å². The van der Waals surface area contributed by atoms with Gasteiger partial charge in [0.25, 0.3) is 5.91 Å². The number of nitrogens with two attached hydrogens (primary N) is 1. The van der Waals surface area contributed by atoms with E-state index in [2.05, 4.69) is 5.32 Å². The number of carbonyl (C=O) groups excluding carboxylic acids is 2. The van der Waals surface area contributed by atoms with E-state index in [0.29, 0.717) is 13.2 Å². The van der Waals surface area contributed by atoms with Gasteiger partial charge in [0.15, 0.2) is 6.54 Å². The number of hydrogen-bond donors (Lipinski definition) is 3. The van der Waals surface area contributed by atoms with Gasteiger partial charge in [-0.2, -0.15) is 0 Å². The molecule has 1 amide bonds. The maximum atomic E-state index is 12.4. The van der Waals surface area contributed by atoms with Crippen molar-refractivity contribution >= 4 is 21.9 Å². The summed E-state index contributed by atoms with van der Waals surface area (Å²) in [4.78, 5) is 25.4. The predicted molar refractivity (Wildman–Crippen MR) is 99.3 cm³/mol. The first-order chi connectivity index (χ1) is 12.7. The van der Waals surface area contributed by atoms with E-state index >= 15 is 0 Å². The number of likely N-dealkylation sites (tertiary alicyclic amines) is 1. The van der Waals surface area contributed by atoms with Crippen molar-refractivity contribution in [2.45, 2.75) is 37.6 Å². The van der Waals surface area contributed by atoms with Gasteiger partial charge in [0.2, 0.25) is 10.0 Å². The molecule has 1 aliphatic rings. The van der Waals surface area contributed by atoms with Crippen LogP contribution in [0.1, 0.15) is 38.3 Å². The fraction of sp³-hybridized carbons (Fsp3) is 0.556. The zero-order valence-corrected chi connectivity index (χ0v) is 16.6. The van der Waals surface area contributed by atoms with Crippen LogP contribution >= 0.6 is 0 Å². The minimum atomic E-state index is -3.73. The third kappa shape index (κ3) is 6.30. The average molecular weight is 399 g/mol. The molecule has 2 rings (SSSR count). The molecule has 4 N–H and O–H groups in total. The number of amides is 1. The normalized spacial score (nSPS) is 21.3. The third-order valence-corrected chi connectivity index (χ3v) is 5.66. The Morgan fingerprint density at radius 2 is 2.00 bits per heavy atom. The van der Waals surface area contributed by atoms with Crippen LogP contribution < -0.4 is 15.4 Å². The van der Waals surface area contributed by atoms with Gasteiger partial charge in [-0.15, -0.1) is 0 Å². The lowest BCUT2D eigenvalue weighted by molar-refractivity contribution is -0.899. The molecule has 0 bridgehead atoms. The fourth-order valence-electron chi connectivity index (χ4n) is 3.32. The van der Waals surface area contributed by atoms with Crippen LogP contribution in [0.3, 0.4) is 0 Å². The summed E-state index contributed by atoms with van der Waals surface area (Å²) in [5, 5.41) is 8.00. The van der Waals surface area contributed by atoms with E-state index in [4.69, 9.17) is 9.88 Å². The molecule has 1 unspecified atom stereocenters. The van der Waals surface area contributed by atoms with Gasteiger partial charge in [0, 0.05) is 0 Å². The van der Waals surface area contributed by atoms with E-state index in [1.807, 2.05) is 6.92 Å². The number of carbonyl (C=O) groups is 2. The monoisotopic (exact) mass is 398 g/mol. The first kappa shape index (κ1) is 21.3. The van der Waals surface area contributed by atoms with Gasteiger partial charge >= 0.3 is 5.97 Å². The van der Waals surface area contributed by atoms with Crippen molar-refractivity contribution in [3.8, 4) is 0 Å². The second kappa shape index (κ2) is 9.29. The van der Waals surface area contributed by atoms with E-state index in [1.54, 1.807) is 19.1 Å². The number of primary sulfonamides is 1. The molecule has 1 aromatic rings. The lowest BCUT2D eigenvalue weighted by atomic mass is 9.98. The maximum Gasteiger partial charge on any atom is 0.314 e. The number of rotatable bonds is 7. The molecule has 9 heteroatoms. The fourth-order valence-corrected chi connectivity index (χ4v) is 3.84. The van der Waals surface area contributed by atoms with Crippen LogP contribution in [0.2, 0.25) is 0 Å². The second-order valence-electron chi connectivity index (χ2n) is 6.88. The number of quaternary nitrogens is 1. The Bertz CT molecular complexity index is 764. The minimum absolute atomic E-state index is 0.0348. The average Bonchev–Trinajstić information content (AvgIpc) is 2.61. The highest BCUT2D eigenvalue weighted by molar-refractivity contribution is 7.89. The Morgan fingerprint density at radius 1 is 1.33 bits per heavy atom. The Balaban J connectivity index is 1.88. The van der Waals surface area contributed by atoms with Gasteiger partial charge in [-0.1, -0.05) is 12.1 Å². The molecule has 0 saturated carbocycles. The summed E-state index contributed by atoms with van der Waals surface area (Å²) >= 11 is 0. The molecule has 1 aromatic carbocycles. The van der Waals surface area contributed by atoms with Crippen LogP contribution in [-0.4, -0.2) is 46.5 Å². The van der Waals surface area contributed by atoms with Crippen LogP contribution in [0, 0.1) is 5.92 Å². The summed E-state index contributed by atoms with van der Waals surface area (Å²) < 4.78 is 27.7. The highest BCUT2D eigenvalue weighted by Gasteiger charge is 2.31. The molecule has 0 aliphatic carbocycles. The van der Waals surface area contributed by atoms with E-state index < -0.39 is 10.0 Å². The Labute approximate surface area is 160 Å². The number of esters is 1. The quantitative estimate of drug-likeness (QED) is 0.528. The summed E-state index contributed by atoms with van der Waals surface area (Å²) in [7, 11) is -3.73. The van der Waals surface area contributed by atoms with Crippen LogP contribution in [0.15, 0.2) is 29.2 Å². The van der Waals surface area contributed by atoms with Gasteiger partial charge in [-0.05, 0) is 44.4 Å². The number of nitrogens with one attached hydrogen (secondary N) is 2. The first-order valence-electron chi connectivity index (χ1n) is 9.13. The molecule has 1 saturated heterocycles. The Morgan fingerprint density at radius 3 is 2.59 bits per heavy atom. The highest BCUT2D eigenvalue weighted by Crippen LogP contribution is 2.15. The Kier molecular flexibility index (Phi) is 7.34. The molecule has 8 nitrogen and oxygen atoms in total. The molecule has 3 atom stereocenters. The minimum Gasteiger partial charge on any atom is -0.466 e. The number of benzene rings is 1. The molecule has 1 heterocycles. The van der Waals surface area contributed by atoms with Crippen molar-refractivity contribution in [1.82, 2.24) is 5.32 Å². The number of ether oxygens (including phenoxy) is 1. The zero-order chi connectivity index (χ0) is 20.0. The molecule has 0 spiro atoms. The summed E-state index contributed by atoms with van der Waals surface area (Å²) in [6.45, 7) is 5.72. The Hall–Kier alpha value is -1.97. The molecule has 0 aromatic heterocycles. The van der Waals surface area contributed by atoms with Crippen molar-refractivity contribution in [1.29, 1.82) is 0 Å². The summed E-state index contributed by atoms with van der Waals surface area (Å²) in [5.74, 6) is -0.444. The highest BCUT2D eigenvalue weighted by atomic mass is 32.2. The summed E-state index contributed by atoms with van der Waals surface area (Å²) in [6, 6.07) is 5.85. The van der Waals surface area contributed by atoms with Crippen LogP contribution in [-0.2, 0) is 24.3 Å². The molecule has 1 aliphatic heterocycles. The number of piperidine rings is 1. The van der Waals surface area contributed by atoms with Crippen LogP contribution in [0.4, 0.5) is 0 Å². The van der Waals surface area contributed by atoms with Crippen molar-refractivity contribution < 1.29 is 27.6 Å². The van der Waals surface area contributed by atoms with Crippen LogP contribution in [0.25, 0.3) is 0 Å². The predicted octanol–water partition coefficient (Wildman–Crippen LogP) is -0.631. The van der Waals surface area contributed by atoms with Crippen molar-refractivity contribution in [3.63, 3.8) is 0 Å². The molecule has 0 radical (unpaired) electrons. The van der Waals surface area contributed by atoms with E-state index in [0.717, 1.165) is 29.8 Å². The summed E-state index contributed by atoms with van der Waals surface area (Å²) in [5.41, 5.74) is 0.786. The lowest BCUT2D eigenvalue weighted by Crippen LogP contribution is -3.14. The molecular formula is C18H28N3O5S+. The lowest BCUT2D eigenvalue weighted by Gasteiger charge is -2.28. The molecule has 27 heavy (non-hydrogen) atoms. The van der Waals surface area contributed by atoms with E-state index in [-0.39, 0.29) is 35.3 Å². The SMILES string of the molecule is CCOC(=O)[C@H]1CCC[NH+](CC(=O)N[C@@H](C)c2ccc(S(N)(=O)=O)cc2)C1. The van der Waals surface area contributed by atoms with Gasteiger partial charge in [-0.3, -0.25) is 9.59 Å². The standard InChI is InChI=1S/C18H27N3O5S/c1-3-26-18(23)15-5-4-10-21(11-15)12-17(22)20-13(2)14-6-8-16(9-7-14)27(19,24)25/h6-9,13,15H,3-5,10-12H2,1-2H3,(H,20,22)(H2,19,24,25)/p+1/t13-,15-/m0/s1. The zero-order valence-electron chi connectivity index (χ0n) is 15.7. The van der Waals surface area contributed by atoms with Crippen molar-refractivity contribution in [3.05, 3.63) is 29.8 Å². The van der Waals surface area contributed by atoms with Crippen molar-refractivity contribution in [2.24, 2.45) is 11.1 Å². The van der Waals surface area contributed by atoms with Gasteiger partial charge in [-0.25, -0.2) is 13.6 Å². The molecule has 150 valence electrons. The number of hydrogen-bond acceptors (Lipinski definition) is 5. The molecular weight excluding hydrogens is 370 g/mol. The largest absolute Gasteiger partial charge is 0.466 e. The topological polar surface area (TPSA) is 120 Å². The second-order valence-corrected chi connectivity index (χ2v) is 8.44. The summed E-state index contributed by atoms with van der Waals surface area (Å²) in [6.07, 6.45) is 1.69. The van der Waals surface area contributed by atoms with E-state index in [9.17, 15) is 18.0 Å². The van der Waals surface area contributed by atoms with Crippen LogP contribution in [0.5, 0.6) is 0 Å². The van der Waals surface area contributed by atoms with Crippen molar-refractivity contribution in [2.75, 3.05) is 26.2 Å². The van der Waals surface area contributed by atoms with Gasteiger partial charge in [0.05, 0.1) is 30.6 Å². The molecule has 1 fully saturated rings. The smallest absolute Gasteiger partial charge is 0.314 e. The third-order valence-electron chi connectivity index (χ3n) is 4.73. The van der Waals surface area contributed by atoms with Gasteiger partial charge < -0.3 is 15.0 Å². The number of sulfonamides is 1. The maximum absolute atomic E-state index is 12.4. The first-order valence-corrected chi connectivity index (χ1v) is 10.7. The van der Waals surface area contributed by atoms with E-state index in [1.165, 1.54) is 12.1 Å².